The number of rotatable bonds is 39. The zero-order valence-electron chi connectivity index (χ0n) is 39.8. The lowest BCUT2D eigenvalue weighted by Gasteiger charge is -2.41. The van der Waals surface area contributed by atoms with Crippen LogP contribution in [0.15, 0.2) is 85.1 Å². The molecule has 7 N–H and O–H groups in total. The average Bonchev–Trinajstić information content (AvgIpc) is 3.30. The third-order valence-electron chi connectivity index (χ3n) is 10.8. The highest BCUT2D eigenvalue weighted by Crippen LogP contribution is 2.47. The first-order valence-corrected chi connectivity index (χ1v) is 26.0. The largest absolute Gasteiger partial charge is 0.472 e. The van der Waals surface area contributed by atoms with Gasteiger partial charge in [0.1, 0.15) is 43.2 Å². The van der Waals surface area contributed by atoms with Crippen LogP contribution in [0, 0.1) is 0 Å². The Balaban J connectivity index is 2.54. The maximum Gasteiger partial charge on any atom is 0.472 e. The predicted molar refractivity (Wildman–Crippen MR) is 259 cm³/mol. The van der Waals surface area contributed by atoms with Gasteiger partial charge in [-0.05, 0) is 70.6 Å². The van der Waals surface area contributed by atoms with E-state index in [-0.39, 0.29) is 19.3 Å². The molecular formula is C51H85O14P. The number of carbonyl (C=O) groups is 2. The van der Waals surface area contributed by atoms with Crippen LogP contribution in [-0.4, -0.2) is 110 Å². The second-order valence-corrected chi connectivity index (χ2v) is 18.2. The van der Waals surface area contributed by atoms with Crippen molar-refractivity contribution in [2.45, 2.75) is 210 Å². The van der Waals surface area contributed by atoms with E-state index in [0.717, 1.165) is 83.5 Å². The lowest BCUT2D eigenvalue weighted by Crippen LogP contribution is -2.64. The Bertz CT molecular complexity index is 1490. The fourth-order valence-electron chi connectivity index (χ4n) is 6.86. The molecule has 66 heavy (non-hydrogen) atoms. The van der Waals surface area contributed by atoms with Crippen LogP contribution >= 0.6 is 7.82 Å². The van der Waals surface area contributed by atoms with Crippen molar-refractivity contribution in [2.24, 2.45) is 0 Å². The van der Waals surface area contributed by atoms with Gasteiger partial charge in [-0.3, -0.25) is 18.6 Å². The number of aliphatic hydroxyl groups excluding tert-OH is 6. The molecule has 0 bridgehead atoms. The molecule has 1 fully saturated rings. The molecule has 14 nitrogen and oxygen atoms in total. The molecule has 0 aromatic rings. The van der Waals surface area contributed by atoms with Crippen molar-refractivity contribution < 1.29 is 68.2 Å². The van der Waals surface area contributed by atoms with E-state index in [1.165, 1.54) is 44.6 Å². The molecule has 1 aliphatic carbocycles. The molecule has 15 heteroatoms. The summed E-state index contributed by atoms with van der Waals surface area (Å²) in [6.07, 6.45) is 35.2. The fourth-order valence-corrected chi connectivity index (χ4v) is 7.83. The van der Waals surface area contributed by atoms with Crippen LogP contribution in [0.5, 0.6) is 0 Å². The minimum Gasteiger partial charge on any atom is -0.462 e. The van der Waals surface area contributed by atoms with Crippen LogP contribution in [0.3, 0.4) is 0 Å². The van der Waals surface area contributed by atoms with Gasteiger partial charge >= 0.3 is 19.8 Å². The van der Waals surface area contributed by atoms with Crippen LogP contribution in [-0.2, 0) is 32.7 Å². The van der Waals surface area contributed by atoms with E-state index in [4.69, 9.17) is 18.5 Å². The zero-order valence-corrected chi connectivity index (χ0v) is 40.7. The van der Waals surface area contributed by atoms with Gasteiger partial charge in [0.25, 0.3) is 0 Å². The number of hydrogen-bond donors (Lipinski definition) is 7. The van der Waals surface area contributed by atoms with Gasteiger partial charge in [-0.25, -0.2) is 4.57 Å². The monoisotopic (exact) mass is 953 g/mol. The number of unbranched alkanes of at least 4 members (excludes halogenated alkanes) is 13. The normalized spacial score (nSPS) is 22.5. The molecule has 1 aliphatic rings. The van der Waals surface area contributed by atoms with Crippen LogP contribution in [0.25, 0.3) is 0 Å². The third-order valence-corrected chi connectivity index (χ3v) is 11.8. The molecule has 1 rings (SSSR count). The van der Waals surface area contributed by atoms with E-state index in [1.54, 1.807) is 12.2 Å². The summed E-state index contributed by atoms with van der Waals surface area (Å²) in [5.41, 5.74) is 0. The lowest BCUT2D eigenvalue weighted by atomic mass is 9.85. The van der Waals surface area contributed by atoms with E-state index >= 15 is 0 Å². The predicted octanol–water partition coefficient (Wildman–Crippen LogP) is 9.03. The summed E-state index contributed by atoms with van der Waals surface area (Å²) in [5.74, 6) is -1.39. The lowest BCUT2D eigenvalue weighted by molar-refractivity contribution is -0.220. The molecule has 0 radical (unpaired) electrons. The van der Waals surface area contributed by atoms with E-state index in [9.17, 15) is 49.7 Å². The number of esters is 2. The standard InChI is InChI=1S/C51H85O14P/c1-3-5-7-9-11-13-15-17-19-21-23-25-27-29-31-33-35-37-45(54)64-43(41-63-66(60,61)65-51-49(58)47(56)46(55)48(57)50(51)59)40-62-44(53)39-38-42(52)36-34-32-30-28-26-24-22-20-18-16-14-12-10-8-6-4-2/h6,8,12,14,17-20,24,26,30,32,34,36,42-43,46-52,55-59H,3-5,7,9-11,13,15-16,21-23,25,27-29,31,33,35,37-41H2,1-2H3,(H,60,61)/b8-6-,14-12-,19-17-,20-18-,26-24-,32-30-,36-34-/t42?,43-,46?,47-,48+,49-,50-,51?/m1/s1. The average molecular weight is 953 g/mol. The Hall–Kier alpha value is -3.01. The van der Waals surface area contributed by atoms with Gasteiger partial charge in [0, 0.05) is 12.8 Å². The van der Waals surface area contributed by atoms with Gasteiger partial charge in [-0.2, -0.15) is 0 Å². The zero-order chi connectivity index (χ0) is 48.7. The second kappa shape index (κ2) is 39.9. The molecule has 0 spiro atoms. The topological polar surface area (TPSA) is 230 Å². The molecule has 0 aromatic heterocycles. The van der Waals surface area contributed by atoms with Gasteiger partial charge in [0.2, 0.25) is 0 Å². The number of phosphoric acid groups is 1. The summed E-state index contributed by atoms with van der Waals surface area (Å²) in [6.45, 7) is 2.97. The minimum atomic E-state index is -5.18. The smallest absolute Gasteiger partial charge is 0.462 e. The number of aliphatic hydroxyl groups is 6. The molecule has 0 saturated heterocycles. The second-order valence-electron chi connectivity index (χ2n) is 16.8. The van der Waals surface area contributed by atoms with E-state index in [2.05, 4.69) is 68.5 Å². The Morgan fingerprint density at radius 1 is 0.561 bits per heavy atom. The van der Waals surface area contributed by atoms with Crippen LogP contribution in [0.4, 0.5) is 0 Å². The molecule has 0 amide bonds. The molecule has 1 saturated carbocycles. The molecular weight excluding hydrogens is 868 g/mol. The van der Waals surface area contributed by atoms with Crippen molar-refractivity contribution in [1.82, 2.24) is 0 Å². The van der Waals surface area contributed by atoms with Crippen molar-refractivity contribution in [3.63, 3.8) is 0 Å². The Kier molecular flexibility index (Phi) is 36.9. The molecule has 9 atom stereocenters. The van der Waals surface area contributed by atoms with Gasteiger partial charge in [0.05, 0.1) is 12.7 Å². The number of carbonyl (C=O) groups excluding carboxylic acids is 2. The van der Waals surface area contributed by atoms with E-state index in [0.29, 0.717) is 6.42 Å². The van der Waals surface area contributed by atoms with Gasteiger partial charge in [-0.15, -0.1) is 0 Å². The van der Waals surface area contributed by atoms with Crippen LogP contribution < -0.4 is 0 Å². The molecule has 0 aromatic carbocycles. The molecule has 0 heterocycles. The first kappa shape index (κ1) is 61.0. The summed E-state index contributed by atoms with van der Waals surface area (Å²) >= 11 is 0. The Labute approximate surface area is 395 Å². The van der Waals surface area contributed by atoms with E-state index in [1.807, 2.05) is 12.2 Å². The summed E-state index contributed by atoms with van der Waals surface area (Å²) < 4.78 is 33.4. The van der Waals surface area contributed by atoms with Crippen molar-refractivity contribution in [2.75, 3.05) is 13.2 Å². The Morgan fingerprint density at radius 2 is 1.05 bits per heavy atom. The van der Waals surface area contributed by atoms with Crippen molar-refractivity contribution in [3.8, 4) is 0 Å². The highest BCUT2D eigenvalue weighted by atomic mass is 31.2. The van der Waals surface area contributed by atoms with Crippen molar-refractivity contribution in [1.29, 1.82) is 0 Å². The highest BCUT2D eigenvalue weighted by molar-refractivity contribution is 7.47. The van der Waals surface area contributed by atoms with Crippen molar-refractivity contribution in [3.05, 3.63) is 85.1 Å². The van der Waals surface area contributed by atoms with Crippen LogP contribution in [0.1, 0.15) is 162 Å². The van der Waals surface area contributed by atoms with Gasteiger partial charge in [-0.1, -0.05) is 163 Å². The highest BCUT2D eigenvalue weighted by Gasteiger charge is 2.51. The summed E-state index contributed by atoms with van der Waals surface area (Å²) in [7, 11) is -5.18. The third kappa shape index (κ3) is 31.9. The summed E-state index contributed by atoms with van der Waals surface area (Å²) in [6, 6.07) is 0. The number of hydrogen-bond acceptors (Lipinski definition) is 13. The van der Waals surface area contributed by atoms with Crippen LogP contribution in [0.2, 0.25) is 0 Å². The minimum absolute atomic E-state index is 0.0372. The summed E-state index contributed by atoms with van der Waals surface area (Å²) in [4.78, 5) is 35.8. The first-order valence-electron chi connectivity index (χ1n) is 24.5. The Morgan fingerprint density at radius 3 is 1.59 bits per heavy atom. The number of allylic oxidation sites excluding steroid dienone is 13. The molecule has 378 valence electrons. The van der Waals surface area contributed by atoms with Crippen molar-refractivity contribution >= 4 is 19.8 Å². The number of ether oxygens (including phenoxy) is 2. The molecule has 0 aliphatic heterocycles. The SMILES string of the molecule is CC/C=C\C/C=C\C/C=C\C/C=C\C/C=C\C=C/C(O)CCC(=O)OC[C@H](COP(=O)(O)OC1[C@H](O)[C@H](O)C(O)[C@H](O)[C@H]1O)OC(=O)CCCCCCCCC/C=C\CCCCCCCC. The van der Waals surface area contributed by atoms with Gasteiger partial charge in [0.15, 0.2) is 6.10 Å². The fraction of sp³-hybridized carbons (Fsp3) is 0.686. The number of phosphoric ester groups is 1. The first-order chi connectivity index (χ1) is 31.8. The quantitative estimate of drug-likeness (QED) is 0.0100. The molecule has 4 unspecified atom stereocenters. The van der Waals surface area contributed by atoms with E-state index < -0.39 is 81.8 Å². The maximum absolute atomic E-state index is 12.8. The maximum atomic E-state index is 12.8. The van der Waals surface area contributed by atoms with Gasteiger partial charge < -0.3 is 45.0 Å². The summed E-state index contributed by atoms with van der Waals surface area (Å²) in [5, 5.41) is 60.6.